The number of benzene rings is 4. The fourth-order valence-corrected chi connectivity index (χ4v) is 3.74. The van der Waals surface area contributed by atoms with Crippen LogP contribution in [0.2, 0.25) is 0 Å². The van der Waals surface area contributed by atoms with E-state index in [4.69, 9.17) is 17.2 Å². The first kappa shape index (κ1) is 20.5. The van der Waals surface area contributed by atoms with Gasteiger partial charge in [-0.1, -0.05) is 78.9 Å². The third kappa shape index (κ3) is 4.35. The summed E-state index contributed by atoms with van der Waals surface area (Å²) in [5, 5.41) is 7.18. The normalized spacial score (nSPS) is 11.2. The number of nitrogens with zero attached hydrogens (tertiary/aromatic N) is 3. The number of fused-ring (bicyclic) bond motifs is 2. The van der Waals surface area contributed by atoms with Crippen molar-refractivity contribution in [2.75, 3.05) is 5.43 Å². The summed E-state index contributed by atoms with van der Waals surface area (Å²) in [5.41, 5.74) is 7.80. The summed E-state index contributed by atoms with van der Waals surface area (Å²) < 4.78 is 1.35. The molecule has 0 radical (unpaired) electrons. The van der Waals surface area contributed by atoms with Crippen LogP contribution in [-0.4, -0.2) is 21.0 Å². The zero-order valence-electron chi connectivity index (χ0n) is 17.5. The number of hydrazone groups is 1. The van der Waals surface area contributed by atoms with Gasteiger partial charge in [-0.25, -0.2) is 4.98 Å². The molecule has 0 saturated heterocycles. The Labute approximate surface area is 195 Å². The molecular formula is C26H19N5OS. The summed E-state index contributed by atoms with van der Waals surface area (Å²) >= 11 is 5.40. The minimum atomic E-state index is -0.248. The molecule has 0 saturated carbocycles. The highest BCUT2D eigenvalue weighted by Gasteiger charge is 2.13. The molecule has 2 N–H and O–H groups in total. The SMILES string of the molecule is O=c1c2ccccc2nc(-c2ccccc2)n1NC(=S)N/N=C/c1ccc2ccccc2c1. The maximum atomic E-state index is 13.2. The van der Waals surface area contributed by atoms with Crippen molar-refractivity contribution < 1.29 is 0 Å². The van der Waals surface area contributed by atoms with E-state index < -0.39 is 0 Å². The summed E-state index contributed by atoms with van der Waals surface area (Å²) in [6, 6.07) is 30.9. The zero-order chi connectivity index (χ0) is 22.6. The van der Waals surface area contributed by atoms with Crippen LogP contribution in [0, 0.1) is 0 Å². The van der Waals surface area contributed by atoms with Crippen LogP contribution in [0.3, 0.4) is 0 Å². The Balaban J connectivity index is 1.42. The van der Waals surface area contributed by atoms with Crippen LogP contribution in [0.15, 0.2) is 107 Å². The molecular weight excluding hydrogens is 430 g/mol. The molecule has 5 aromatic rings. The van der Waals surface area contributed by atoms with Gasteiger partial charge in [0.1, 0.15) is 0 Å². The molecule has 6 nitrogen and oxygen atoms in total. The predicted molar refractivity (Wildman–Crippen MR) is 138 cm³/mol. The van der Waals surface area contributed by atoms with Crippen molar-refractivity contribution in [3.05, 3.63) is 113 Å². The average Bonchev–Trinajstić information content (AvgIpc) is 2.86. The Kier molecular flexibility index (Phi) is 5.61. The van der Waals surface area contributed by atoms with Gasteiger partial charge in [-0.2, -0.15) is 9.78 Å². The largest absolute Gasteiger partial charge is 0.280 e. The highest BCUT2D eigenvalue weighted by Crippen LogP contribution is 2.18. The number of rotatable bonds is 4. The molecule has 160 valence electrons. The maximum absolute atomic E-state index is 13.2. The van der Waals surface area contributed by atoms with Gasteiger partial charge in [-0.3, -0.25) is 15.6 Å². The monoisotopic (exact) mass is 449 g/mol. The number of hydrogen-bond donors (Lipinski definition) is 2. The van der Waals surface area contributed by atoms with Crippen molar-refractivity contribution in [3.8, 4) is 11.4 Å². The van der Waals surface area contributed by atoms with Crippen molar-refractivity contribution in [1.29, 1.82) is 0 Å². The van der Waals surface area contributed by atoms with Gasteiger partial charge in [-0.15, -0.1) is 0 Å². The van der Waals surface area contributed by atoms with E-state index in [9.17, 15) is 4.79 Å². The van der Waals surface area contributed by atoms with Crippen LogP contribution < -0.4 is 16.4 Å². The summed E-state index contributed by atoms with van der Waals surface area (Å²) in [6.45, 7) is 0. The average molecular weight is 450 g/mol. The van der Waals surface area contributed by atoms with E-state index in [-0.39, 0.29) is 10.7 Å². The van der Waals surface area contributed by atoms with Gasteiger partial charge in [0.15, 0.2) is 5.82 Å². The first-order valence-corrected chi connectivity index (χ1v) is 10.8. The summed E-state index contributed by atoms with van der Waals surface area (Å²) in [4.78, 5) is 17.9. The second-order valence-corrected chi connectivity index (χ2v) is 7.78. The lowest BCUT2D eigenvalue weighted by Gasteiger charge is -2.15. The van der Waals surface area contributed by atoms with Crippen molar-refractivity contribution >= 4 is 45.2 Å². The van der Waals surface area contributed by atoms with Crippen LogP contribution in [-0.2, 0) is 0 Å². The van der Waals surface area contributed by atoms with Crippen molar-refractivity contribution in [1.82, 2.24) is 15.1 Å². The number of aromatic nitrogens is 2. The van der Waals surface area contributed by atoms with E-state index in [0.29, 0.717) is 16.7 Å². The quantitative estimate of drug-likeness (QED) is 0.237. The van der Waals surface area contributed by atoms with Crippen molar-refractivity contribution in [3.63, 3.8) is 0 Å². The van der Waals surface area contributed by atoms with Gasteiger partial charge < -0.3 is 0 Å². The third-order valence-corrected chi connectivity index (χ3v) is 5.36. The van der Waals surface area contributed by atoms with Crippen LogP contribution in [0.5, 0.6) is 0 Å². The lowest BCUT2D eigenvalue weighted by molar-refractivity contribution is 0.886. The number of hydrogen-bond acceptors (Lipinski definition) is 4. The Bertz CT molecular complexity index is 1560. The summed E-state index contributed by atoms with van der Waals surface area (Å²) in [7, 11) is 0. The molecule has 0 amide bonds. The van der Waals surface area contributed by atoms with Crippen LogP contribution in [0.25, 0.3) is 33.1 Å². The molecule has 0 aliphatic rings. The Morgan fingerprint density at radius 1 is 0.879 bits per heavy atom. The van der Waals surface area contributed by atoms with Crippen LogP contribution in [0.4, 0.5) is 0 Å². The molecule has 0 aliphatic heterocycles. The van der Waals surface area contributed by atoms with E-state index in [2.05, 4.69) is 28.1 Å². The smallest absolute Gasteiger partial charge is 0.267 e. The second-order valence-electron chi connectivity index (χ2n) is 7.38. The van der Waals surface area contributed by atoms with Crippen molar-refractivity contribution in [2.24, 2.45) is 5.10 Å². The number of nitrogens with one attached hydrogen (secondary N) is 2. The molecule has 1 aromatic heterocycles. The summed E-state index contributed by atoms with van der Waals surface area (Å²) in [6.07, 6.45) is 1.68. The van der Waals surface area contributed by atoms with E-state index in [0.717, 1.165) is 21.9 Å². The van der Waals surface area contributed by atoms with Crippen molar-refractivity contribution in [2.45, 2.75) is 0 Å². The number of thiocarbonyl (C=S) groups is 1. The van der Waals surface area contributed by atoms with Gasteiger partial charge in [0, 0.05) is 5.56 Å². The maximum Gasteiger partial charge on any atom is 0.280 e. The molecule has 7 heteroatoms. The standard InChI is InChI=1S/C26H19N5OS/c32-25-22-12-6-7-13-23(22)28-24(20-9-2-1-3-10-20)31(25)30-26(33)29-27-17-18-14-15-19-8-4-5-11-21(19)16-18/h1-17H,(H2,29,30,33)/b27-17+. The zero-order valence-corrected chi connectivity index (χ0v) is 18.3. The highest BCUT2D eigenvalue weighted by molar-refractivity contribution is 7.80. The topological polar surface area (TPSA) is 71.3 Å². The van der Waals surface area contributed by atoms with Crippen LogP contribution >= 0.6 is 12.2 Å². The first-order chi connectivity index (χ1) is 16.2. The van der Waals surface area contributed by atoms with E-state index in [1.54, 1.807) is 12.3 Å². The molecule has 33 heavy (non-hydrogen) atoms. The number of para-hydroxylation sites is 1. The Morgan fingerprint density at radius 2 is 1.61 bits per heavy atom. The predicted octanol–water partition coefficient (Wildman–Crippen LogP) is 4.67. The van der Waals surface area contributed by atoms with Gasteiger partial charge in [0.2, 0.25) is 5.11 Å². The molecule has 0 spiro atoms. The minimum absolute atomic E-state index is 0.170. The van der Waals surface area contributed by atoms with Gasteiger partial charge in [0.05, 0.1) is 17.1 Å². The second kappa shape index (κ2) is 9.02. The van der Waals surface area contributed by atoms with Crippen LogP contribution in [0.1, 0.15) is 5.56 Å². The fraction of sp³-hybridized carbons (Fsp3) is 0. The van der Waals surface area contributed by atoms with Gasteiger partial charge >= 0.3 is 0 Å². The molecule has 0 bridgehead atoms. The molecule has 1 heterocycles. The molecule has 0 atom stereocenters. The van der Waals surface area contributed by atoms with E-state index in [1.807, 2.05) is 78.9 Å². The summed E-state index contributed by atoms with van der Waals surface area (Å²) in [5.74, 6) is 0.460. The molecule has 4 aromatic carbocycles. The highest BCUT2D eigenvalue weighted by atomic mass is 32.1. The lowest BCUT2D eigenvalue weighted by Crippen LogP contribution is -2.39. The molecule has 0 fully saturated rings. The van der Waals surface area contributed by atoms with E-state index >= 15 is 0 Å². The Hall–Kier alpha value is -4.36. The fourth-order valence-electron chi connectivity index (χ4n) is 3.60. The first-order valence-electron chi connectivity index (χ1n) is 10.4. The molecule has 5 rings (SSSR count). The van der Waals surface area contributed by atoms with Gasteiger partial charge in [0.25, 0.3) is 5.56 Å². The lowest BCUT2D eigenvalue weighted by atomic mass is 10.1. The molecule has 0 aliphatic carbocycles. The Morgan fingerprint density at radius 3 is 2.45 bits per heavy atom. The van der Waals surface area contributed by atoms with E-state index in [1.165, 1.54) is 4.68 Å². The molecule has 0 unspecified atom stereocenters. The van der Waals surface area contributed by atoms with Gasteiger partial charge in [-0.05, 0) is 46.8 Å². The third-order valence-electron chi connectivity index (χ3n) is 5.17. The minimum Gasteiger partial charge on any atom is -0.267 e.